The molecule has 3 atom stereocenters. The molecule has 0 saturated carbocycles. The van der Waals surface area contributed by atoms with Crippen molar-refractivity contribution in [3.63, 3.8) is 0 Å². The fourth-order valence-electron chi connectivity index (χ4n) is 6.26. The molecule has 0 unspecified atom stereocenters. The average molecular weight is 520 g/mol. The highest BCUT2D eigenvalue weighted by molar-refractivity contribution is 5.79. The number of carbonyl (C=O) groups is 2. The molecule has 0 aliphatic carbocycles. The number of hydrogen-bond donors (Lipinski definition) is 1. The van der Waals surface area contributed by atoms with E-state index in [1.807, 2.05) is 34.1 Å². The van der Waals surface area contributed by atoms with E-state index in [1.54, 1.807) is 0 Å². The van der Waals surface area contributed by atoms with E-state index >= 15 is 0 Å². The summed E-state index contributed by atoms with van der Waals surface area (Å²) in [4.78, 5) is 32.7. The van der Waals surface area contributed by atoms with Crippen LogP contribution in [0.3, 0.4) is 0 Å². The number of benzene rings is 2. The van der Waals surface area contributed by atoms with Crippen LogP contribution in [-0.4, -0.2) is 77.1 Å². The predicted molar refractivity (Wildman–Crippen MR) is 146 cm³/mol. The van der Waals surface area contributed by atoms with E-state index in [9.17, 15) is 14.7 Å². The maximum Gasteiger partial charge on any atom is 0.236 e. The van der Waals surface area contributed by atoms with Gasteiger partial charge in [-0.1, -0.05) is 42.5 Å². The fourth-order valence-corrected chi connectivity index (χ4v) is 6.26. The Hall–Kier alpha value is -2.90. The lowest BCUT2D eigenvalue weighted by Gasteiger charge is -2.39. The van der Waals surface area contributed by atoms with Crippen molar-refractivity contribution in [1.82, 2.24) is 14.7 Å². The summed E-state index contributed by atoms with van der Waals surface area (Å²) in [6.45, 7) is 6.93. The molecule has 5 rings (SSSR count). The van der Waals surface area contributed by atoms with Crippen LogP contribution in [0, 0.1) is 18.8 Å². The van der Waals surface area contributed by atoms with E-state index in [2.05, 4.69) is 36.1 Å². The Kier molecular flexibility index (Phi) is 8.65. The molecule has 0 radical (unpaired) electrons. The number of piperidine rings is 1. The van der Waals surface area contributed by atoms with E-state index < -0.39 is 6.10 Å². The molecule has 2 aromatic rings. The number of para-hydroxylation sites is 1. The number of aliphatic hydroxyl groups excluding tert-OH is 1. The highest BCUT2D eigenvalue weighted by Gasteiger charge is 2.35. The molecule has 0 aromatic heterocycles. The molecule has 2 amide bonds. The molecule has 2 aromatic carbocycles. The zero-order valence-electron chi connectivity index (χ0n) is 22.6. The molecule has 0 spiro atoms. The Balaban J connectivity index is 1.33. The molecule has 204 valence electrons. The quantitative estimate of drug-likeness (QED) is 0.668. The SMILES string of the molecule is Cc1ccccc1CN1CC(=O)N2CC[C@@H](CC(=O)N3CC[C@@H](O)C3)[C@@H](CCCOc3ccccc3C1)C2. The number of ether oxygens (including phenoxy) is 1. The van der Waals surface area contributed by atoms with Crippen molar-refractivity contribution < 1.29 is 19.4 Å². The monoisotopic (exact) mass is 519 g/mol. The second-order valence-corrected chi connectivity index (χ2v) is 11.3. The molecule has 3 aliphatic heterocycles. The van der Waals surface area contributed by atoms with Crippen molar-refractivity contribution >= 4 is 11.8 Å². The molecule has 38 heavy (non-hydrogen) atoms. The standard InChI is InChI=1S/C31H41N3O4/c1-23-7-2-3-8-25(23)18-32-19-27-9-4-5-11-29(27)38-16-6-10-26-20-33(31(37)22-32)14-12-24(26)17-30(36)34-15-13-28(35)21-34/h2-5,7-9,11,24,26,28,35H,6,10,12-22H2,1H3/t24-,26-,28+/m0/s1. The van der Waals surface area contributed by atoms with E-state index in [-0.39, 0.29) is 23.7 Å². The third-order valence-corrected chi connectivity index (χ3v) is 8.55. The van der Waals surface area contributed by atoms with Gasteiger partial charge in [-0.3, -0.25) is 14.5 Å². The first-order valence-corrected chi connectivity index (χ1v) is 14.2. The number of aliphatic hydroxyl groups is 1. The zero-order valence-corrected chi connectivity index (χ0v) is 22.6. The van der Waals surface area contributed by atoms with Gasteiger partial charge in [-0.05, 0) is 61.6 Å². The lowest BCUT2D eigenvalue weighted by Crippen LogP contribution is -2.48. The van der Waals surface area contributed by atoms with E-state index in [1.165, 1.54) is 11.1 Å². The number of aryl methyl sites for hydroxylation is 1. The van der Waals surface area contributed by atoms with E-state index in [0.717, 1.165) is 30.6 Å². The number of β-amino-alcohol motifs (C(OH)–C–C–N with tert-alkyl or cyclic N) is 1. The largest absolute Gasteiger partial charge is 0.493 e. The van der Waals surface area contributed by atoms with Crippen molar-refractivity contribution in [2.45, 2.75) is 58.2 Å². The molecule has 3 heterocycles. The van der Waals surface area contributed by atoms with Crippen LogP contribution >= 0.6 is 0 Å². The van der Waals surface area contributed by atoms with Gasteiger partial charge >= 0.3 is 0 Å². The van der Waals surface area contributed by atoms with Crippen LogP contribution in [0.4, 0.5) is 0 Å². The van der Waals surface area contributed by atoms with Crippen molar-refractivity contribution in [1.29, 1.82) is 0 Å². The number of hydrogen-bond acceptors (Lipinski definition) is 5. The lowest BCUT2D eigenvalue weighted by atomic mass is 9.80. The summed E-state index contributed by atoms with van der Waals surface area (Å²) in [5.74, 6) is 1.72. The van der Waals surface area contributed by atoms with Gasteiger partial charge in [-0.25, -0.2) is 0 Å². The van der Waals surface area contributed by atoms with Crippen molar-refractivity contribution in [2.75, 3.05) is 39.3 Å². The molecular weight excluding hydrogens is 478 g/mol. The van der Waals surface area contributed by atoms with Crippen LogP contribution in [-0.2, 0) is 22.7 Å². The molecule has 1 N–H and O–H groups in total. The van der Waals surface area contributed by atoms with Gasteiger partial charge in [0.05, 0.1) is 19.3 Å². The van der Waals surface area contributed by atoms with Crippen molar-refractivity contribution in [3.8, 4) is 5.75 Å². The van der Waals surface area contributed by atoms with Gasteiger partial charge in [0.1, 0.15) is 5.75 Å². The van der Waals surface area contributed by atoms with Gasteiger partial charge in [-0.15, -0.1) is 0 Å². The maximum atomic E-state index is 13.6. The summed E-state index contributed by atoms with van der Waals surface area (Å²) >= 11 is 0. The minimum absolute atomic E-state index is 0.142. The molecule has 7 nitrogen and oxygen atoms in total. The average Bonchev–Trinajstić information content (AvgIpc) is 3.35. The number of nitrogens with zero attached hydrogens (tertiary/aromatic N) is 3. The van der Waals surface area contributed by atoms with Gasteiger partial charge in [0.25, 0.3) is 0 Å². The summed E-state index contributed by atoms with van der Waals surface area (Å²) in [6, 6.07) is 16.5. The number of fused-ring (bicyclic) bond motifs is 3. The summed E-state index contributed by atoms with van der Waals surface area (Å²) in [5.41, 5.74) is 3.55. The zero-order chi connectivity index (χ0) is 26.5. The third kappa shape index (κ3) is 6.56. The Labute approximate surface area is 226 Å². The molecule has 7 heteroatoms. The number of amides is 2. The second kappa shape index (κ2) is 12.3. The maximum absolute atomic E-state index is 13.6. The van der Waals surface area contributed by atoms with Crippen LogP contribution in [0.1, 0.15) is 48.8 Å². The van der Waals surface area contributed by atoms with Gasteiger partial charge < -0.3 is 19.6 Å². The highest BCUT2D eigenvalue weighted by Crippen LogP contribution is 2.32. The van der Waals surface area contributed by atoms with Gasteiger partial charge in [0.15, 0.2) is 0 Å². The van der Waals surface area contributed by atoms with E-state index in [0.29, 0.717) is 65.3 Å². The van der Waals surface area contributed by atoms with Crippen LogP contribution in [0.2, 0.25) is 0 Å². The lowest BCUT2D eigenvalue weighted by molar-refractivity contribution is -0.136. The summed E-state index contributed by atoms with van der Waals surface area (Å²) in [6.07, 6.45) is 3.44. The number of rotatable bonds is 4. The minimum atomic E-state index is -0.397. The first-order chi connectivity index (χ1) is 18.5. The Morgan fingerprint density at radius 1 is 1.00 bits per heavy atom. The highest BCUT2D eigenvalue weighted by atomic mass is 16.5. The number of carbonyl (C=O) groups excluding carboxylic acids is 2. The second-order valence-electron chi connectivity index (χ2n) is 11.3. The van der Waals surface area contributed by atoms with Gasteiger partial charge in [0.2, 0.25) is 11.8 Å². The molecule has 3 aliphatic rings. The smallest absolute Gasteiger partial charge is 0.236 e. The first kappa shape index (κ1) is 26.7. The van der Waals surface area contributed by atoms with Crippen LogP contribution in [0.5, 0.6) is 5.75 Å². The van der Waals surface area contributed by atoms with Gasteiger partial charge in [-0.2, -0.15) is 0 Å². The Morgan fingerprint density at radius 3 is 2.63 bits per heavy atom. The van der Waals surface area contributed by atoms with Gasteiger partial charge in [0, 0.05) is 51.3 Å². The minimum Gasteiger partial charge on any atom is -0.493 e. The van der Waals surface area contributed by atoms with Crippen LogP contribution in [0.25, 0.3) is 0 Å². The van der Waals surface area contributed by atoms with Crippen LogP contribution < -0.4 is 4.74 Å². The first-order valence-electron chi connectivity index (χ1n) is 14.2. The normalized spacial score (nSPS) is 25.1. The summed E-state index contributed by atoms with van der Waals surface area (Å²) in [7, 11) is 0. The topological polar surface area (TPSA) is 73.3 Å². The molecule has 2 saturated heterocycles. The summed E-state index contributed by atoms with van der Waals surface area (Å²) in [5, 5.41) is 9.87. The molecule has 2 bridgehead atoms. The predicted octanol–water partition coefficient (Wildman–Crippen LogP) is 3.62. The number of likely N-dealkylation sites (tertiary alicyclic amines) is 1. The van der Waals surface area contributed by atoms with Crippen molar-refractivity contribution in [2.24, 2.45) is 11.8 Å². The Morgan fingerprint density at radius 2 is 1.82 bits per heavy atom. The summed E-state index contributed by atoms with van der Waals surface area (Å²) < 4.78 is 6.27. The molecule has 2 fully saturated rings. The van der Waals surface area contributed by atoms with Crippen LogP contribution in [0.15, 0.2) is 48.5 Å². The molecular formula is C31H41N3O4. The third-order valence-electron chi connectivity index (χ3n) is 8.55. The Bertz CT molecular complexity index is 1120. The fraction of sp³-hybridized carbons (Fsp3) is 0.548. The van der Waals surface area contributed by atoms with Crippen molar-refractivity contribution in [3.05, 3.63) is 65.2 Å². The van der Waals surface area contributed by atoms with E-state index in [4.69, 9.17) is 4.74 Å².